The van der Waals surface area contributed by atoms with Crippen molar-refractivity contribution in [2.75, 3.05) is 18.0 Å². The van der Waals surface area contributed by atoms with Crippen LogP contribution < -0.4 is 4.90 Å². The van der Waals surface area contributed by atoms with Crippen molar-refractivity contribution in [3.05, 3.63) is 21.6 Å². The molecule has 2 rings (SSSR count). The van der Waals surface area contributed by atoms with E-state index in [9.17, 15) is 9.70 Å². The van der Waals surface area contributed by atoms with Crippen LogP contribution in [0.1, 0.15) is 19.3 Å². The monoisotopic (exact) mass is 327 g/mol. The summed E-state index contributed by atoms with van der Waals surface area (Å²) >= 11 is 3.25. The van der Waals surface area contributed by atoms with Crippen molar-refractivity contribution in [2.45, 2.75) is 19.3 Å². The van der Waals surface area contributed by atoms with Gasteiger partial charge in [-0.05, 0) is 45.9 Å². The van der Waals surface area contributed by atoms with Crippen LogP contribution in [0.15, 0.2) is 21.9 Å². The number of nitroso groups, excluding NO2 is 1. The van der Waals surface area contributed by atoms with Crippen molar-refractivity contribution < 1.29 is 9.90 Å². The number of hydrogen-bond acceptors (Lipinski definition) is 5. The van der Waals surface area contributed by atoms with Gasteiger partial charge in [-0.3, -0.25) is 4.79 Å². The minimum Gasteiger partial charge on any atom is -0.481 e. The quantitative estimate of drug-likeness (QED) is 0.859. The van der Waals surface area contributed by atoms with Crippen LogP contribution in [0.2, 0.25) is 0 Å². The highest BCUT2D eigenvalue weighted by molar-refractivity contribution is 9.10. The summed E-state index contributed by atoms with van der Waals surface area (Å²) in [5.74, 6) is 0.0271. The van der Waals surface area contributed by atoms with Gasteiger partial charge in [-0.1, -0.05) is 0 Å². The molecule has 0 spiro atoms. The van der Waals surface area contributed by atoms with Crippen LogP contribution >= 0.6 is 15.9 Å². The zero-order valence-corrected chi connectivity index (χ0v) is 11.8. The number of piperidine rings is 1. The fourth-order valence-electron chi connectivity index (χ4n) is 2.33. The summed E-state index contributed by atoms with van der Waals surface area (Å²) in [7, 11) is 0. The number of halogens is 1. The number of hydrogen-bond donors (Lipinski definition) is 1. The van der Waals surface area contributed by atoms with Gasteiger partial charge in [0.15, 0.2) is 11.5 Å². The molecule has 0 amide bonds. The fraction of sp³-hybridized carbons (Fsp3) is 0.500. The van der Waals surface area contributed by atoms with E-state index in [2.05, 4.69) is 26.1 Å². The fourth-order valence-corrected chi connectivity index (χ4v) is 2.65. The minimum atomic E-state index is -0.754. The molecule has 0 aromatic carbocycles. The minimum absolute atomic E-state index is 0.205. The molecule has 0 aliphatic carbocycles. The number of pyridine rings is 1. The summed E-state index contributed by atoms with van der Waals surface area (Å²) in [4.78, 5) is 27.7. The molecule has 0 saturated carbocycles. The molecule has 1 aromatic heterocycles. The van der Waals surface area contributed by atoms with E-state index in [4.69, 9.17) is 5.11 Å². The van der Waals surface area contributed by atoms with Gasteiger partial charge >= 0.3 is 5.97 Å². The second-order valence-electron chi connectivity index (χ2n) is 4.62. The Kier molecular flexibility index (Phi) is 4.47. The molecule has 6 nitrogen and oxygen atoms in total. The molecule has 19 heavy (non-hydrogen) atoms. The molecule has 102 valence electrons. The Balaban J connectivity index is 2.05. The van der Waals surface area contributed by atoms with E-state index in [1.807, 2.05) is 4.90 Å². The van der Waals surface area contributed by atoms with Crippen molar-refractivity contribution in [3.8, 4) is 0 Å². The van der Waals surface area contributed by atoms with Crippen LogP contribution in [0.5, 0.6) is 0 Å². The highest BCUT2D eigenvalue weighted by Gasteiger charge is 2.23. The SMILES string of the molecule is O=Nc1cc(Br)cnc1N1CCC(CC(=O)O)CC1. The number of anilines is 1. The van der Waals surface area contributed by atoms with E-state index in [1.165, 1.54) is 0 Å². The highest BCUT2D eigenvalue weighted by atomic mass is 79.9. The van der Waals surface area contributed by atoms with Crippen LogP contribution in [-0.4, -0.2) is 29.1 Å². The molecule has 1 aromatic rings. The lowest BCUT2D eigenvalue weighted by Gasteiger charge is -2.32. The largest absolute Gasteiger partial charge is 0.481 e. The lowest BCUT2D eigenvalue weighted by atomic mass is 9.93. The van der Waals surface area contributed by atoms with E-state index < -0.39 is 5.97 Å². The Morgan fingerprint density at radius 2 is 2.21 bits per heavy atom. The predicted molar refractivity (Wildman–Crippen MR) is 74.6 cm³/mol. The average molecular weight is 328 g/mol. The molecule has 1 aliphatic heterocycles. The third-order valence-electron chi connectivity index (χ3n) is 3.29. The summed E-state index contributed by atoms with van der Waals surface area (Å²) in [5.41, 5.74) is 0.311. The molecule has 1 N–H and O–H groups in total. The van der Waals surface area contributed by atoms with Gasteiger partial charge in [0, 0.05) is 30.2 Å². The van der Waals surface area contributed by atoms with Gasteiger partial charge in [-0.25, -0.2) is 4.98 Å². The standard InChI is InChI=1S/C12H14BrN3O3/c13-9-6-10(15-19)12(14-7-9)16-3-1-8(2-4-16)5-11(17)18/h6-8H,1-5H2,(H,17,18). The molecule has 2 heterocycles. The lowest BCUT2D eigenvalue weighted by molar-refractivity contribution is -0.138. The van der Waals surface area contributed by atoms with Gasteiger partial charge in [0.1, 0.15) is 0 Å². The first kappa shape index (κ1) is 13.9. The number of aromatic nitrogens is 1. The molecular formula is C12H14BrN3O3. The molecule has 0 radical (unpaired) electrons. The zero-order chi connectivity index (χ0) is 13.8. The van der Waals surface area contributed by atoms with Crippen LogP contribution in [0.25, 0.3) is 0 Å². The average Bonchev–Trinajstić information content (AvgIpc) is 2.39. The summed E-state index contributed by atoms with van der Waals surface area (Å²) < 4.78 is 0.714. The van der Waals surface area contributed by atoms with Crippen molar-refractivity contribution in [1.29, 1.82) is 0 Å². The topological polar surface area (TPSA) is 82.9 Å². The van der Waals surface area contributed by atoms with Gasteiger partial charge in [0.05, 0.1) is 0 Å². The summed E-state index contributed by atoms with van der Waals surface area (Å²) in [6, 6.07) is 1.64. The van der Waals surface area contributed by atoms with E-state index in [1.54, 1.807) is 12.3 Å². The summed E-state index contributed by atoms with van der Waals surface area (Å²) in [5, 5.41) is 11.8. The number of aliphatic carboxylic acids is 1. The summed E-state index contributed by atoms with van der Waals surface area (Å²) in [6.07, 6.45) is 3.43. The molecular weight excluding hydrogens is 314 g/mol. The highest BCUT2D eigenvalue weighted by Crippen LogP contribution is 2.32. The van der Waals surface area contributed by atoms with Crippen molar-refractivity contribution in [3.63, 3.8) is 0 Å². The van der Waals surface area contributed by atoms with Gasteiger partial charge in [-0.2, -0.15) is 0 Å². The predicted octanol–water partition coefficient (Wildman–Crippen LogP) is 2.93. The van der Waals surface area contributed by atoms with E-state index in [-0.39, 0.29) is 12.3 Å². The lowest BCUT2D eigenvalue weighted by Crippen LogP contribution is -2.34. The maximum absolute atomic E-state index is 10.8. The third kappa shape index (κ3) is 3.50. The summed E-state index contributed by atoms with van der Waals surface area (Å²) in [6.45, 7) is 1.41. The molecule has 7 heteroatoms. The second-order valence-corrected chi connectivity index (χ2v) is 5.53. The third-order valence-corrected chi connectivity index (χ3v) is 3.72. The Morgan fingerprint density at radius 1 is 1.53 bits per heavy atom. The number of carboxylic acid groups (broad SMARTS) is 1. The Morgan fingerprint density at radius 3 is 2.79 bits per heavy atom. The molecule has 1 aliphatic rings. The van der Waals surface area contributed by atoms with Crippen molar-refractivity contribution in [1.82, 2.24) is 4.98 Å². The van der Waals surface area contributed by atoms with Crippen molar-refractivity contribution >= 4 is 33.4 Å². The van der Waals surface area contributed by atoms with Crippen LogP contribution in [-0.2, 0) is 4.79 Å². The Labute approximate surface area is 118 Å². The van der Waals surface area contributed by atoms with Gasteiger partial charge in [-0.15, -0.1) is 4.91 Å². The smallest absolute Gasteiger partial charge is 0.303 e. The maximum Gasteiger partial charge on any atom is 0.303 e. The molecule has 0 unspecified atom stereocenters. The molecule has 0 bridgehead atoms. The Bertz CT molecular complexity index is 487. The van der Waals surface area contributed by atoms with E-state index in [0.29, 0.717) is 29.1 Å². The van der Waals surface area contributed by atoms with Gasteiger partial charge in [0.25, 0.3) is 0 Å². The van der Waals surface area contributed by atoms with E-state index in [0.717, 1.165) is 12.8 Å². The maximum atomic E-state index is 10.8. The number of carboxylic acids is 1. The van der Waals surface area contributed by atoms with Gasteiger partial charge < -0.3 is 10.0 Å². The van der Waals surface area contributed by atoms with E-state index >= 15 is 0 Å². The number of carbonyl (C=O) groups is 1. The molecule has 1 saturated heterocycles. The first-order valence-corrected chi connectivity index (χ1v) is 6.85. The van der Waals surface area contributed by atoms with Crippen molar-refractivity contribution in [2.24, 2.45) is 11.1 Å². The molecule has 1 fully saturated rings. The first-order chi connectivity index (χ1) is 9.10. The zero-order valence-electron chi connectivity index (χ0n) is 10.3. The van der Waals surface area contributed by atoms with Crippen LogP contribution in [0.3, 0.4) is 0 Å². The number of nitrogens with zero attached hydrogens (tertiary/aromatic N) is 3. The van der Waals surface area contributed by atoms with Crippen LogP contribution in [0, 0.1) is 10.8 Å². The Hall–Kier alpha value is -1.50. The first-order valence-electron chi connectivity index (χ1n) is 6.06. The number of rotatable bonds is 4. The molecule has 0 atom stereocenters. The van der Waals surface area contributed by atoms with Crippen LogP contribution in [0.4, 0.5) is 11.5 Å². The second kappa shape index (κ2) is 6.10. The normalized spacial score (nSPS) is 16.4. The van der Waals surface area contributed by atoms with Gasteiger partial charge in [0.2, 0.25) is 0 Å².